The van der Waals surface area contributed by atoms with Crippen LogP contribution in [0, 0.1) is 12.8 Å². The maximum atomic E-state index is 12.1. The van der Waals surface area contributed by atoms with Crippen LogP contribution < -0.4 is 5.32 Å². The molecule has 0 unspecified atom stereocenters. The highest BCUT2D eigenvalue weighted by atomic mass is 32.2. The van der Waals surface area contributed by atoms with Crippen LogP contribution in [-0.2, 0) is 9.84 Å². The van der Waals surface area contributed by atoms with Gasteiger partial charge in [0.15, 0.2) is 9.84 Å². The quantitative estimate of drug-likeness (QED) is 0.885. The highest BCUT2D eigenvalue weighted by Gasteiger charge is 2.28. The lowest BCUT2D eigenvalue weighted by atomic mass is 10.1. The molecular formula is C14H17N3O3S2. The summed E-state index contributed by atoms with van der Waals surface area (Å²) in [5, 5.41) is 5.72. The number of aromatic nitrogens is 2. The van der Waals surface area contributed by atoms with Crippen molar-refractivity contribution < 1.29 is 13.2 Å². The number of aryl methyl sites for hydroxylation is 1. The van der Waals surface area contributed by atoms with Crippen LogP contribution in [0.1, 0.15) is 21.9 Å². The van der Waals surface area contributed by atoms with Gasteiger partial charge in [-0.05, 0) is 25.3 Å². The third-order valence-electron chi connectivity index (χ3n) is 3.72. The van der Waals surface area contributed by atoms with Crippen molar-refractivity contribution in [2.75, 3.05) is 18.1 Å². The summed E-state index contributed by atoms with van der Waals surface area (Å²) in [6, 6.07) is 1.76. The van der Waals surface area contributed by atoms with Gasteiger partial charge in [-0.1, -0.05) is 0 Å². The average molecular weight is 339 g/mol. The molecule has 0 bridgehead atoms. The van der Waals surface area contributed by atoms with Crippen LogP contribution in [-0.4, -0.2) is 42.3 Å². The van der Waals surface area contributed by atoms with E-state index in [1.54, 1.807) is 23.6 Å². The van der Waals surface area contributed by atoms with Crippen molar-refractivity contribution in [2.24, 2.45) is 5.92 Å². The highest BCUT2D eigenvalue weighted by molar-refractivity contribution is 7.91. The molecule has 1 atom stereocenters. The number of hydrogen-bond acceptors (Lipinski definition) is 5. The van der Waals surface area contributed by atoms with E-state index in [9.17, 15) is 13.2 Å². The highest BCUT2D eigenvalue weighted by Crippen LogP contribution is 2.22. The SMILES string of the molecule is Cc1nc(-c2c[nH]c(C(=O)NC[C@H]3CCS(=O)(=O)C3)c2)cs1. The molecular weight excluding hydrogens is 322 g/mol. The predicted octanol–water partition coefficient (Wildman–Crippen LogP) is 1.61. The molecule has 22 heavy (non-hydrogen) atoms. The number of thiazole rings is 1. The van der Waals surface area contributed by atoms with Crippen LogP contribution >= 0.6 is 11.3 Å². The van der Waals surface area contributed by atoms with Crippen LogP contribution in [0.25, 0.3) is 11.3 Å². The first-order valence-corrected chi connectivity index (χ1v) is 9.72. The minimum Gasteiger partial charge on any atom is -0.357 e. The topological polar surface area (TPSA) is 91.9 Å². The summed E-state index contributed by atoms with van der Waals surface area (Å²) in [6.07, 6.45) is 2.38. The Hall–Kier alpha value is -1.67. The van der Waals surface area contributed by atoms with Gasteiger partial charge in [0.05, 0.1) is 22.2 Å². The molecule has 2 N–H and O–H groups in total. The molecule has 6 nitrogen and oxygen atoms in total. The third kappa shape index (κ3) is 3.38. The van der Waals surface area contributed by atoms with Crippen LogP contribution in [0.3, 0.4) is 0 Å². The Morgan fingerprint density at radius 1 is 1.55 bits per heavy atom. The van der Waals surface area contributed by atoms with Crippen molar-refractivity contribution in [1.82, 2.24) is 15.3 Å². The molecule has 2 aromatic heterocycles. The lowest BCUT2D eigenvalue weighted by Gasteiger charge is -2.08. The van der Waals surface area contributed by atoms with Gasteiger partial charge in [-0.2, -0.15) is 0 Å². The summed E-state index contributed by atoms with van der Waals surface area (Å²) in [7, 11) is -2.90. The van der Waals surface area contributed by atoms with Crippen molar-refractivity contribution in [2.45, 2.75) is 13.3 Å². The third-order valence-corrected chi connectivity index (χ3v) is 6.33. The Morgan fingerprint density at radius 2 is 2.36 bits per heavy atom. The fourth-order valence-electron chi connectivity index (χ4n) is 2.53. The molecule has 1 amide bonds. The van der Waals surface area contributed by atoms with Gasteiger partial charge in [0.2, 0.25) is 0 Å². The summed E-state index contributed by atoms with van der Waals surface area (Å²) in [5.41, 5.74) is 2.18. The van der Waals surface area contributed by atoms with Crippen LogP contribution in [0.5, 0.6) is 0 Å². The van der Waals surface area contributed by atoms with Crippen molar-refractivity contribution in [1.29, 1.82) is 0 Å². The van der Waals surface area contributed by atoms with Crippen molar-refractivity contribution in [3.05, 3.63) is 28.3 Å². The second-order valence-corrected chi connectivity index (χ2v) is 8.82. The second-order valence-electron chi connectivity index (χ2n) is 5.53. The zero-order valence-corrected chi connectivity index (χ0v) is 13.8. The van der Waals surface area contributed by atoms with Crippen LogP contribution in [0.2, 0.25) is 0 Å². The van der Waals surface area contributed by atoms with Gasteiger partial charge >= 0.3 is 0 Å². The zero-order valence-electron chi connectivity index (χ0n) is 12.1. The number of aromatic amines is 1. The van der Waals surface area contributed by atoms with Gasteiger partial charge in [-0.3, -0.25) is 4.79 Å². The van der Waals surface area contributed by atoms with Gasteiger partial charge in [0.1, 0.15) is 5.69 Å². The number of carbonyl (C=O) groups is 1. The summed E-state index contributed by atoms with van der Waals surface area (Å²) < 4.78 is 22.8. The standard InChI is InChI=1S/C14H17N3O3S2/c1-9-17-13(7-21-9)11-4-12(15-6-11)14(18)16-5-10-2-3-22(19,20)8-10/h4,6-7,10,15H,2-3,5,8H2,1H3,(H,16,18)/t10-/m1/s1. The Balaban J connectivity index is 1.60. The van der Waals surface area contributed by atoms with E-state index in [4.69, 9.17) is 0 Å². The van der Waals surface area contributed by atoms with Crippen molar-refractivity contribution in [3.8, 4) is 11.3 Å². The molecule has 0 radical (unpaired) electrons. The Morgan fingerprint density at radius 3 is 3.00 bits per heavy atom. The summed E-state index contributed by atoms with van der Waals surface area (Å²) in [6.45, 7) is 2.33. The van der Waals surface area contributed by atoms with Crippen molar-refractivity contribution in [3.63, 3.8) is 0 Å². The van der Waals surface area contributed by atoms with E-state index in [1.807, 2.05) is 12.3 Å². The Bertz CT molecular complexity index is 792. The number of H-pyrrole nitrogens is 1. The first-order valence-electron chi connectivity index (χ1n) is 7.02. The molecule has 0 spiro atoms. The van der Waals surface area contributed by atoms with E-state index in [0.717, 1.165) is 16.3 Å². The van der Waals surface area contributed by atoms with Crippen LogP contribution in [0.4, 0.5) is 0 Å². The average Bonchev–Trinajstić information content (AvgIpc) is 3.15. The summed E-state index contributed by atoms with van der Waals surface area (Å²) in [4.78, 5) is 19.4. The fourth-order valence-corrected chi connectivity index (χ4v) is 5.02. The normalized spacial score (nSPS) is 20.1. The molecule has 0 aromatic carbocycles. The number of amides is 1. The smallest absolute Gasteiger partial charge is 0.267 e. The zero-order chi connectivity index (χ0) is 15.7. The van der Waals surface area contributed by atoms with Gasteiger partial charge in [0.25, 0.3) is 5.91 Å². The molecule has 1 saturated heterocycles. The van der Waals surface area contributed by atoms with E-state index >= 15 is 0 Å². The second kappa shape index (κ2) is 5.85. The number of nitrogens with one attached hydrogen (secondary N) is 2. The number of rotatable bonds is 4. The summed E-state index contributed by atoms with van der Waals surface area (Å²) >= 11 is 1.56. The first-order chi connectivity index (χ1) is 10.4. The number of sulfone groups is 1. The molecule has 3 heterocycles. The molecule has 0 aliphatic carbocycles. The maximum Gasteiger partial charge on any atom is 0.267 e. The molecule has 8 heteroatoms. The Labute approximate surface area is 132 Å². The van der Waals surface area contributed by atoms with E-state index in [2.05, 4.69) is 15.3 Å². The maximum absolute atomic E-state index is 12.1. The van der Waals surface area contributed by atoms with E-state index in [-0.39, 0.29) is 23.3 Å². The molecule has 1 aliphatic heterocycles. The molecule has 1 aliphatic rings. The molecule has 3 rings (SSSR count). The van der Waals surface area contributed by atoms with E-state index < -0.39 is 9.84 Å². The van der Waals surface area contributed by atoms with Crippen LogP contribution in [0.15, 0.2) is 17.6 Å². The lowest BCUT2D eigenvalue weighted by molar-refractivity contribution is 0.0944. The minimum atomic E-state index is -2.90. The number of nitrogens with zero attached hydrogens (tertiary/aromatic N) is 1. The minimum absolute atomic E-state index is 0.0181. The number of carbonyl (C=O) groups excluding carboxylic acids is 1. The summed E-state index contributed by atoms with van der Waals surface area (Å²) in [5.74, 6) is 0.192. The molecule has 1 fully saturated rings. The van der Waals surface area contributed by atoms with E-state index in [0.29, 0.717) is 18.7 Å². The van der Waals surface area contributed by atoms with Gasteiger partial charge in [-0.15, -0.1) is 11.3 Å². The first kappa shape index (κ1) is 15.2. The van der Waals surface area contributed by atoms with E-state index in [1.165, 1.54) is 0 Å². The lowest BCUT2D eigenvalue weighted by Crippen LogP contribution is -2.30. The Kier molecular flexibility index (Phi) is 4.05. The molecule has 0 saturated carbocycles. The van der Waals surface area contributed by atoms with Crippen molar-refractivity contribution >= 4 is 27.1 Å². The fraction of sp³-hybridized carbons (Fsp3) is 0.429. The number of hydrogen-bond donors (Lipinski definition) is 2. The van der Waals surface area contributed by atoms with Gasteiger partial charge < -0.3 is 10.3 Å². The monoisotopic (exact) mass is 339 g/mol. The molecule has 2 aromatic rings. The predicted molar refractivity (Wildman–Crippen MR) is 85.7 cm³/mol. The van der Waals surface area contributed by atoms with Gasteiger partial charge in [0, 0.05) is 23.7 Å². The molecule has 118 valence electrons. The van der Waals surface area contributed by atoms with Gasteiger partial charge in [-0.25, -0.2) is 13.4 Å². The largest absolute Gasteiger partial charge is 0.357 e.